The lowest BCUT2D eigenvalue weighted by atomic mass is 9.89. The minimum Gasteiger partial charge on any atom is -0.316 e. The van der Waals surface area contributed by atoms with Crippen LogP contribution in [0.25, 0.3) is 0 Å². The van der Waals surface area contributed by atoms with E-state index in [0.717, 1.165) is 25.1 Å². The monoisotopic (exact) mass is 227 g/mol. The van der Waals surface area contributed by atoms with Gasteiger partial charge in [0.1, 0.15) is 5.82 Å². The lowest BCUT2D eigenvalue weighted by Crippen LogP contribution is -2.28. The lowest BCUT2D eigenvalue weighted by molar-refractivity contribution is 0.460. The molecule has 0 saturated carbocycles. The zero-order valence-corrected chi connectivity index (χ0v) is 9.57. The molecule has 1 N–H and O–H groups in total. The lowest BCUT2D eigenvalue weighted by Gasteiger charge is -2.25. The summed E-state index contributed by atoms with van der Waals surface area (Å²) in [6.45, 7) is 3.96. The van der Waals surface area contributed by atoms with Gasteiger partial charge in [0.05, 0.1) is 5.02 Å². The Kier molecular flexibility index (Phi) is 3.27. The number of rotatable bonds is 1. The van der Waals surface area contributed by atoms with Gasteiger partial charge in [-0.1, -0.05) is 17.7 Å². The first-order chi connectivity index (χ1) is 7.20. The van der Waals surface area contributed by atoms with Crippen molar-refractivity contribution in [2.75, 3.05) is 13.1 Å². The van der Waals surface area contributed by atoms with Crippen LogP contribution in [0.15, 0.2) is 12.1 Å². The molecule has 1 atom stereocenters. The Morgan fingerprint density at radius 2 is 2.27 bits per heavy atom. The molecule has 0 radical (unpaired) electrons. The molecular weight excluding hydrogens is 213 g/mol. The Balaban J connectivity index is 2.31. The van der Waals surface area contributed by atoms with E-state index >= 15 is 0 Å². The van der Waals surface area contributed by atoms with Crippen molar-refractivity contribution in [1.82, 2.24) is 5.32 Å². The molecule has 1 aromatic rings. The number of nitrogens with one attached hydrogen (secondary N) is 1. The van der Waals surface area contributed by atoms with Gasteiger partial charge in [0.25, 0.3) is 0 Å². The first kappa shape index (κ1) is 10.9. The fourth-order valence-electron chi connectivity index (χ4n) is 2.23. The highest BCUT2D eigenvalue weighted by molar-refractivity contribution is 6.31. The molecule has 82 valence electrons. The third-order valence-electron chi connectivity index (χ3n) is 3.12. The van der Waals surface area contributed by atoms with Gasteiger partial charge in [0.2, 0.25) is 0 Å². The summed E-state index contributed by atoms with van der Waals surface area (Å²) in [7, 11) is 0. The fraction of sp³-hybridized carbons (Fsp3) is 0.500. The standard InChI is InChI=1S/C12H15ClFN/c1-8-10(4-5-11(14)12(8)13)9-3-2-6-15-7-9/h4-5,9,15H,2-3,6-7H2,1H3. The molecule has 0 spiro atoms. The molecule has 0 aliphatic carbocycles. The van der Waals surface area contributed by atoms with Crippen molar-refractivity contribution in [3.8, 4) is 0 Å². The Morgan fingerprint density at radius 1 is 1.47 bits per heavy atom. The normalized spacial score (nSPS) is 21.7. The van der Waals surface area contributed by atoms with E-state index in [1.807, 2.05) is 13.0 Å². The van der Waals surface area contributed by atoms with Crippen LogP contribution in [-0.4, -0.2) is 13.1 Å². The molecule has 1 saturated heterocycles. The summed E-state index contributed by atoms with van der Waals surface area (Å²) in [6, 6.07) is 3.34. The van der Waals surface area contributed by atoms with Gasteiger partial charge in [-0.25, -0.2) is 4.39 Å². The first-order valence-electron chi connectivity index (χ1n) is 5.35. The Labute approximate surface area is 94.6 Å². The van der Waals surface area contributed by atoms with Gasteiger partial charge < -0.3 is 5.32 Å². The van der Waals surface area contributed by atoms with Crippen molar-refractivity contribution in [3.05, 3.63) is 34.1 Å². The molecule has 1 fully saturated rings. The van der Waals surface area contributed by atoms with Gasteiger partial charge in [0, 0.05) is 6.54 Å². The van der Waals surface area contributed by atoms with Gasteiger partial charge in [-0.2, -0.15) is 0 Å². The van der Waals surface area contributed by atoms with Crippen LogP contribution < -0.4 is 5.32 Å². The Bertz CT molecular complexity index is 359. The van der Waals surface area contributed by atoms with Gasteiger partial charge in [-0.3, -0.25) is 0 Å². The molecular formula is C12H15ClFN. The molecule has 0 bridgehead atoms. The van der Waals surface area contributed by atoms with Crippen LogP contribution in [-0.2, 0) is 0 Å². The number of hydrogen-bond donors (Lipinski definition) is 1. The Hall–Kier alpha value is -0.600. The molecule has 0 aromatic heterocycles. The summed E-state index contributed by atoms with van der Waals surface area (Å²) >= 11 is 5.91. The van der Waals surface area contributed by atoms with Crippen LogP contribution in [0.1, 0.15) is 29.9 Å². The largest absolute Gasteiger partial charge is 0.316 e. The van der Waals surface area contributed by atoms with E-state index in [1.165, 1.54) is 18.1 Å². The van der Waals surface area contributed by atoms with E-state index in [0.29, 0.717) is 5.92 Å². The van der Waals surface area contributed by atoms with Crippen molar-refractivity contribution in [3.63, 3.8) is 0 Å². The molecule has 1 nitrogen and oxygen atoms in total. The summed E-state index contributed by atoms with van der Waals surface area (Å²) in [4.78, 5) is 0. The summed E-state index contributed by atoms with van der Waals surface area (Å²) in [5.74, 6) is 0.165. The number of hydrogen-bond acceptors (Lipinski definition) is 1. The molecule has 1 unspecified atom stereocenters. The third-order valence-corrected chi connectivity index (χ3v) is 3.58. The molecule has 1 aliphatic rings. The summed E-state index contributed by atoms with van der Waals surface area (Å²) in [6.07, 6.45) is 2.34. The highest BCUT2D eigenvalue weighted by Crippen LogP contribution is 2.31. The Morgan fingerprint density at radius 3 is 2.93 bits per heavy atom. The van der Waals surface area contributed by atoms with Gasteiger partial charge >= 0.3 is 0 Å². The molecule has 1 heterocycles. The smallest absolute Gasteiger partial charge is 0.142 e. The van der Waals surface area contributed by atoms with E-state index < -0.39 is 0 Å². The van der Waals surface area contributed by atoms with Crippen LogP contribution in [0.2, 0.25) is 5.02 Å². The van der Waals surface area contributed by atoms with Crippen LogP contribution in [0, 0.1) is 12.7 Å². The van der Waals surface area contributed by atoms with Crippen molar-refractivity contribution in [1.29, 1.82) is 0 Å². The average molecular weight is 228 g/mol. The van der Waals surface area contributed by atoms with Crippen LogP contribution >= 0.6 is 11.6 Å². The maximum Gasteiger partial charge on any atom is 0.142 e. The topological polar surface area (TPSA) is 12.0 Å². The quantitative estimate of drug-likeness (QED) is 0.777. The summed E-state index contributed by atoms with van der Waals surface area (Å²) in [5, 5.41) is 3.63. The van der Waals surface area contributed by atoms with Crippen molar-refractivity contribution in [2.24, 2.45) is 0 Å². The SMILES string of the molecule is Cc1c(C2CCCNC2)ccc(F)c1Cl. The minimum absolute atomic E-state index is 0.276. The van der Waals surface area contributed by atoms with Crippen molar-refractivity contribution in [2.45, 2.75) is 25.7 Å². The minimum atomic E-state index is -0.318. The summed E-state index contributed by atoms with van der Waals surface area (Å²) in [5.41, 5.74) is 2.08. The second kappa shape index (κ2) is 4.50. The highest BCUT2D eigenvalue weighted by Gasteiger charge is 2.19. The van der Waals surface area contributed by atoms with Crippen molar-refractivity contribution >= 4 is 11.6 Å². The summed E-state index contributed by atoms with van der Waals surface area (Å²) < 4.78 is 13.2. The number of piperidine rings is 1. The average Bonchev–Trinajstić information content (AvgIpc) is 2.27. The van der Waals surface area contributed by atoms with E-state index in [1.54, 1.807) is 0 Å². The molecule has 1 aromatic carbocycles. The van der Waals surface area contributed by atoms with E-state index in [9.17, 15) is 4.39 Å². The van der Waals surface area contributed by atoms with Crippen LogP contribution in [0.5, 0.6) is 0 Å². The fourth-order valence-corrected chi connectivity index (χ4v) is 2.40. The van der Waals surface area contributed by atoms with E-state index in [-0.39, 0.29) is 10.8 Å². The van der Waals surface area contributed by atoms with Crippen molar-refractivity contribution < 1.29 is 4.39 Å². The second-order valence-electron chi connectivity index (χ2n) is 4.12. The molecule has 3 heteroatoms. The highest BCUT2D eigenvalue weighted by atomic mass is 35.5. The van der Waals surface area contributed by atoms with Gasteiger partial charge in [0.15, 0.2) is 0 Å². The number of halogens is 2. The zero-order valence-electron chi connectivity index (χ0n) is 8.82. The van der Waals surface area contributed by atoms with E-state index in [4.69, 9.17) is 11.6 Å². The van der Waals surface area contributed by atoms with Crippen LogP contribution in [0.4, 0.5) is 4.39 Å². The zero-order chi connectivity index (χ0) is 10.8. The molecule has 2 rings (SSSR count). The molecule has 0 amide bonds. The van der Waals surface area contributed by atoms with E-state index in [2.05, 4.69) is 5.32 Å². The predicted octanol–water partition coefficient (Wildman–Crippen LogP) is 3.25. The van der Waals surface area contributed by atoms with Gasteiger partial charge in [-0.05, 0) is 49.4 Å². The first-order valence-corrected chi connectivity index (χ1v) is 5.73. The maximum atomic E-state index is 13.2. The predicted molar refractivity (Wildman–Crippen MR) is 61.0 cm³/mol. The van der Waals surface area contributed by atoms with Crippen LogP contribution in [0.3, 0.4) is 0 Å². The number of benzene rings is 1. The van der Waals surface area contributed by atoms with Gasteiger partial charge in [-0.15, -0.1) is 0 Å². The molecule has 1 aliphatic heterocycles. The third kappa shape index (κ3) is 2.16. The second-order valence-corrected chi connectivity index (χ2v) is 4.50. The molecule has 15 heavy (non-hydrogen) atoms. The maximum absolute atomic E-state index is 13.2.